The van der Waals surface area contributed by atoms with Gasteiger partial charge in [0.15, 0.2) is 0 Å². The molecular weight excluding hydrogens is 264 g/mol. The van der Waals surface area contributed by atoms with Crippen LogP contribution in [0.3, 0.4) is 0 Å². The van der Waals surface area contributed by atoms with Gasteiger partial charge < -0.3 is 10.0 Å². The first-order valence-electron chi connectivity index (χ1n) is 6.82. The third-order valence-electron chi connectivity index (χ3n) is 3.13. The van der Waals surface area contributed by atoms with Crippen LogP contribution < -0.4 is 4.90 Å². The maximum Gasteiger partial charge on any atom is 0.328 e. The minimum atomic E-state index is -0.962. The summed E-state index contributed by atoms with van der Waals surface area (Å²) in [5.74, 6) is -0.0765. The van der Waals surface area contributed by atoms with Crippen LogP contribution in [-0.4, -0.2) is 22.6 Å². The Kier molecular flexibility index (Phi) is 4.72. The number of pyridine rings is 1. The number of carboxylic acid groups (broad SMARTS) is 1. The van der Waals surface area contributed by atoms with E-state index in [1.165, 1.54) is 0 Å². The van der Waals surface area contributed by atoms with Gasteiger partial charge in [-0.15, -0.1) is 0 Å². The largest absolute Gasteiger partial charge is 0.478 e. The van der Waals surface area contributed by atoms with E-state index in [1.54, 1.807) is 12.3 Å². The number of nitrogens with zero attached hydrogens (tertiary/aromatic N) is 2. The van der Waals surface area contributed by atoms with Crippen molar-refractivity contribution in [3.8, 4) is 0 Å². The Balaban J connectivity index is 2.33. The molecule has 0 amide bonds. The molecule has 1 heterocycles. The molecule has 0 spiro atoms. The smallest absolute Gasteiger partial charge is 0.328 e. The number of carbonyl (C=O) groups is 1. The number of aryl methyl sites for hydroxylation is 1. The summed E-state index contributed by atoms with van der Waals surface area (Å²) >= 11 is 0. The minimum absolute atomic E-state index is 0.780. The average molecular weight is 282 g/mol. The van der Waals surface area contributed by atoms with Crippen LogP contribution in [0.4, 0.5) is 11.5 Å². The zero-order valence-corrected chi connectivity index (χ0v) is 12.2. The van der Waals surface area contributed by atoms with E-state index in [0.717, 1.165) is 35.3 Å². The molecule has 0 aliphatic heterocycles. The molecule has 1 N–H and O–H groups in total. The van der Waals surface area contributed by atoms with Crippen molar-refractivity contribution in [1.29, 1.82) is 0 Å². The van der Waals surface area contributed by atoms with Crippen LogP contribution in [-0.2, 0) is 4.79 Å². The predicted octanol–water partition coefficient (Wildman–Crippen LogP) is 3.65. The van der Waals surface area contributed by atoms with E-state index < -0.39 is 5.97 Å². The Morgan fingerprint density at radius 3 is 2.62 bits per heavy atom. The van der Waals surface area contributed by atoms with Gasteiger partial charge >= 0.3 is 5.97 Å². The summed E-state index contributed by atoms with van der Waals surface area (Å²) in [4.78, 5) is 17.2. The van der Waals surface area contributed by atoms with Gasteiger partial charge in [0, 0.05) is 24.5 Å². The van der Waals surface area contributed by atoms with E-state index in [1.807, 2.05) is 43.3 Å². The first-order valence-corrected chi connectivity index (χ1v) is 6.82. The van der Waals surface area contributed by atoms with Gasteiger partial charge in [0.25, 0.3) is 0 Å². The summed E-state index contributed by atoms with van der Waals surface area (Å²) in [7, 11) is 0. The van der Waals surface area contributed by atoms with Crippen molar-refractivity contribution in [3.63, 3.8) is 0 Å². The molecule has 21 heavy (non-hydrogen) atoms. The van der Waals surface area contributed by atoms with Crippen LogP contribution in [0, 0.1) is 6.92 Å². The number of anilines is 2. The average Bonchev–Trinajstić information content (AvgIpc) is 2.49. The van der Waals surface area contributed by atoms with Gasteiger partial charge in [-0.25, -0.2) is 9.78 Å². The van der Waals surface area contributed by atoms with Crippen molar-refractivity contribution in [2.75, 3.05) is 11.4 Å². The topological polar surface area (TPSA) is 53.4 Å². The minimum Gasteiger partial charge on any atom is -0.478 e. The molecule has 2 aromatic rings. The van der Waals surface area contributed by atoms with Gasteiger partial charge in [-0.05, 0) is 49.2 Å². The predicted molar refractivity (Wildman–Crippen MR) is 84.8 cm³/mol. The Hall–Kier alpha value is -2.62. The van der Waals surface area contributed by atoms with Crippen molar-refractivity contribution in [2.24, 2.45) is 0 Å². The van der Waals surface area contributed by atoms with Crippen molar-refractivity contribution >= 4 is 23.6 Å². The third-order valence-corrected chi connectivity index (χ3v) is 3.13. The highest BCUT2D eigenvalue weighted by molar-refractivity contribution is 5.85. The van der Waals surface area contributed by atoms with E-state index >= 15 is 0 Å². The molecule has 4 nitrogen and oxygen atoms in total. The molecule has 0 aliphatic rings. The van der Waals surface area contributed by atoms with Gasteiger partial charge in [0.2, 0.25) is 0 Å². The number of aliphatic carboxylic acids is 1. The molecular formula is C17H18N2O2. The molecule has 0 aliphatic carbocycles. The molecule has 2 rings (SSSR count). The monoisotopic (exact) mass is 282 g/mol. The van der Waals surface area contributed by atoms with Crippen molar-refractivity contribution in [2.45, 2.75) is 13.8 Å². The van der Waals surface area contributed by atoms with Crippen LogP contribution in [0.25, 0.3) is 6.08 Å². The van der Waals surface area contributed by atoms with Gasteiger partial charge in [0.05, 0.1) is 0 Å². The molecule has 4 heteroatoms. The fourth-order valence-corrected chi connectivity index (χ4v) is 2.19. The van der Waals surface area contributed by atoms with Gasteiger partial charge in [0.1, 0.15) is 5.82 Å². The summed E-state index contributed by atoms with van der Waals surface area (Å²) < 4.78 is 0. The summed E-state index contributed by atoms with van der Waals surface area (Å²) in [6, 6.07) is 12.0. The van der Waals surface area contributed by atoms with E-state index in [0.29, 0.717) is 0 Å². The molecule has 0 radical (unpaired) electrons. The van der Waals surface area contributed by atoms with E-state index in [-0.39, 0.29) is 0 Å². The Morgan fingerprint density at radius 2 is 2.05 bits per heavy atom. The molecule has 0 unspecified atom stereocenters. The lowest BCUT2D eigenvalue weighted by atomic mass is 10.1. The van der Waals surface area contributed by atoms with Crippen LogP contribution in [0.5, 0.6) is 0 Å². The van der Waals surface area contributed by atoms with Crippen molar-refractivity contribution < 1.29 is 9.90 Å². The number of hydrogen-bond acceptors (Lipinski definition) is 3. The molecule has 108 valence electrons. The van der Waals surface area contributed by atoms with Crippen LogP contribution in [0.15, 0.2) is 48.7 Å². The SMILES string of the molecule is CCN(c1ccccc1)c1ncc(/C=C/C(=O)O)cc1C. The lowest BCUT2D eigenvalue weighted by Crippen LogP contribution is -2.18. The second-order valence-electron chi connectivity index (χ2n) is 4.66. The normalized spacial score (nSPS) is 10.8. The van der Waals surface area contributed by atoms with Crippen LogP contribution in [0.1, 0.15) is 18.1 Å². The second kappa shape index (κ2) is 6.70. The number of carboxylic acids is 1. The zero-order valence-electron chi connectivity index (χ0n) is 12.2. The fourth-order valence-electron chi connectivity index (χ4n) is 2.19. The zero-order chi connectivity index (χ0) is 15.2. The number of rotatable bonds is 5. The summed E-state index contributed by atoms with van der Waals surface area (Å²) in [5, 5.41) is 8.66. The molecule has 0 fully saturated rings. The van der Waals surface area contributed by atoms with E-state index in [2.05, 4.69) is 16.8 Å². The highest BCUT2D eigenvalue weighted by Gasteiger charge is 2.11. The van der Waals surface area contributed by atoms with Crippen LogP contribution in [0.2, 0.25) is 0 Å². The Bertz CT molecular complexity index is 651. The lowest BCUT2D eigenvalue weighted by Gasteiger charge is -2.23. The number of benzene rings is 1. The van der Waals surface area contributed by atoms with Gasteiger partial charge in [-0.1, -0.05) is 18.2 Å². The molecule has 0 saturated heterocycles. The second-order valence-corrected chi connectivity index (χ2v) is 4.66. The van der Waals surface area contributed by atoms with Gasteiger partial charge in [-0.3, -0.25) is 0 Å². The van der Waals surface area contributed by atoms with Crippen molar-refractivity contribution in [3.05, 3.63) is 59.8 Å². The summed E-state index contributed by atoms with van der Waals surface area (Å²) in [6.07, 6.45) is 4.35. The number of para-hydroxylation sites is 1. The lowest BCUT2D eigenvalue weighted by molar-refractivity contribution is -0.131. The third kappa shape index (κ3) is 3.69. The molecule has 0 saturated carbocycles. The maximum absolute atomic E-state index is 10.5. The summed E-state index contributed by atoms with van der Waals surface area (Å²) in [6.45, 7) is 4.86. The van der Waals surface area contributed by atoms with E-state index in [4.69, 9.17) is 5.11 Å². The molecule has 0 atom stereocenters. The standard InChI is InChI=1S/C17H18N2O2/c1-3-19(15-7-5-4-6-8-15)17-13(2)11-14(12-18-17)9-10-16(20)21/h4-12H,3H2,1-2H3,(H,20,21)/b10-9+. The van der Waals surface area contributed by atoms with Crippen LogP contribution >= 0.6 is 0 Å². The fraction of sp³-hybridized carbons (Fsp3) is 0.176. The molecule has 1 aromatic carbocycles. The number of hydrogen-bond donors (Lipinski definition) is 1. The quantitative estimate of drug-likeness (QED) is 0.851. The Morgan fingerprint density at radius 1 is 1.33 bits per heavy atom. The molecule has 0 bridgehead atoms. The highest BCUT2D eigenvalue weighted by Crippen LogP contribution is 2.26. The maximum atomic E-state index is 10.5. The van der Waals surface area contributed by atoms with Gasteiger partial charge in [-0.2, -0.15) is 0 Å². The first kappa shape index (κ1) is 14.8. The summed E-state index contributed by atoms with van der Waals surface area (Å²) in [5.41, 5.74) is 2.88. The van der Waals surface area contributed by atoms with E-state index in [9.17, 15) is 4.79 Å². The number of aromatic nitrogens is 1. The Labute approximate surface area is 124 Å². The molecule has 1 aromatic heterocycles. The first-order chi connectivity index (χ1) is 10.1. The highest BCUT2D eigenvalue weighted by atomic mass is 16.4. The van der Waals surface area contributed by atoms with Crippen molar-refractivity contribution in [1.82, 2.24) is 4.98 Å².